The Hall–Kier alpha value is -0.750. The van der Waals surface area contributed by atoms with Crippen LogP contribution in [0.25, 0.3) is 0 Å². The number of thiazole rings is 1. The highest BCUT2D eigenvalue weighted by Crippen LogP contribution is 2.32. The summed E-state index contributed by atoms with van der Waals surface area (Å²) in [6.45, 7) is 4.82. The Kier molecular flexibility index (Phi) is 5.85. The molecular formula is C17H26F2N2OS. The van der Waals surface area contributed by atoms with Gasteiger partial charge in [-0.1, -0.05) is 43.9 Å². The molecule has 1 fully saturated rings. The van der Waals surface area contributed by atoms with Crippen molar-refractivity contribution in [3.8, 4) is 5.19 Å². The van der Waals surface area contributed by atoms with Gasteiger partial charge < -0.3 is 4.74 Å². The van der Waals surface area contributed by atoms with Crippen LogP contribution in [0.5, 0.6) is 5.19 Å². The van der Waals surface area contributed by atoms with Gasteiger partial charge in [0, 0.05) is 18.0 Å². The zero-order chi connectivity index (χ0) is 16.2. The van der Waals surface area contributed by atoms with Gasteiger partial charge in [-0.15, -0.1) is 0 Å². The number of hydrogen-bond acceptors (Lipinski definition) is 4. The summed E-state index contributed by atoms with van der Waals surface area (Å²) in [5.74, 6) is 1.79. The number of hydrogen-bond donors (Lipinski definition) is 0. The monoisotopic (exact) mass is 344 g/mol. The fourth-order valence-corrected chi connectivity index (χ4v) is 4.51. The molecule has 0 N–H and O–H groups in total. The largest absolute Gasteiger partial charge is 0.464 e. The Bertz CT molecular complexity index is 501. The highest BCUT2D eigenvalue weighted by molar-refractivity contribution is 7.13. The van der Waals surface area contributed by atoms with E-state index in [0.29, 0.717) is 5.19 Å². The average molecular weight is 344 g/mol. The van der Waals surface area contributed by atoms with E-state index in [1.165, 1.54) is 48.3 Å². The molecule has 0 atom stereocenters. The molecule has 2 heterocycles. The predicted octanol–water partition coefficient (Wildman–Crippen LogP) is 4.36. The second-order valence-electron chi connectivity index (χ2n) is 6.99. The zero-order valence-corrected chi connectivity index (χ0v) is 14.6. The van der Waals surface area contributed by atoms with E-state index in [9.17, 15) is 8.78 Å². The maximum absolute atomic E-state index is 12.2. The minimum atomic E-state index is -2.44. The highest BCUT2D eigenvalue weighted by Gasteiger charge is 2.23. The highest BCUT2D eigenvalue weighted by atomic mass is 32.1. The SMILES string of the molecule is CC1CCC(CCN2CCc3sc(OCC(F)F)nc3C2)CC1. The molecule has 23 heavy (non-hydrogen) atoms. The molecule has 3 rings (SSSR count). The molecule has 1 saturated carbocycles. The summed E-state index contributed by atoms with van der Waals surface area (Å²) >= 11 is 1.43. The third-order valence-corrected chi connectivity index (χ3v) is 6.18. The van der Waals surface area contributed by atoms with Crippen molar-refractivity contribution in [2.45, 2.75) is 58.4 Å². The van der Waals surface area contributed by atoms with E-state index in [1.54, 1.807) is 0 Å². The summed E-state index contributed by atoms with van der Waals surface area (Å²) in [6, 6.07) is 0. The molecule has 0 unspecified atom stereocenters. The zero-order valence-electron chi connectivity index (χ0n) is 13.8. The van der Waals surface area contributed by atoms with Gasteiger partial charge in [0.2, 0.25) is 0 Å². The molecule has 1 aromatic heterocycles. The summed E-state index contributed by atoms with van der Waals surface area (Å²) < 4.78 is 29.5. The lowest BCUT2D eigenvalue weighted by atomic mass is 9.81. The standard InChI is InChI=1S/C17H26F2N2OS/c1-12-2-4-13(5-3-12)6-8-21-9-7-15-14(10-21)20-17(23-15)22-11-16(18)19/h12-13,16H,2-11H2,1H3. The summed E-state index contributed by atoms with van der Waals surface area (Å²) in [4.78, 5) is 8.06. The maximum Gasteiger partial charge on any atom is 0.273 e. The molecule has 0 bridgehead atoms. The first-order valence-corrected chi connectivity index (χ1v) is 9.53. The van der Waals surface area contributed by atoms with Crippen molar-refractivity contribution >= 4 is 11.3 Å². The third-order valence-electron chi connectivity index (χ3n) is 5.11. The molecule has 3 nitrogen and oxygen atoms in total. The first-order chi connectivity index (χ1) is 11.1. The van der Waals surface area contributed by atoms with Crippen molar-refractivity contribution in [3.05, 3.63) is 10.6 Å². The van der Waals surface area contributed by atoms with Crippen LogP contribution in [0.1, 0.15) is 49.6 Å². The molecule has 1 aliphatic heterocycles. The van der Waals surface area contributed by atoms with Crippen LogP contribution < -0.4 is 4.74 Å². The van der Waals surface area contributed by atoms with E-state index in [2.05, 4.69) is 16.8 Å². The van der Waals surface area contributed by atoms with Gasteiger partial charge >= 0.3 is 0 Å². The Labute approximate surface area is 141 Å². The summed E-state index contributed by atoms with van der Waals surface area (Å²) in [5, 5.41) is 0.401. The lowest BCUT2D eigenvalue weighted by molar-refractivity contribution is 0.0816. The van der Waals surface area contributed by atoms with E-state index in [1.807, 2.05) is 0 Å². The minimum absolute atomic E-state index is 0.401. The van der Waals surface area contributed by atoms with Crippen LogP contribution in [0, 0.1) is 11.8 Å². The van der Waals surface area contributed by atoms with Crippen LogP contribution in [0.15, 0.2) is 0 Å². The van der Waals surface area contributed by atoms with Crippen LogP contribution >= 0.6 is 11.3 Å². The molecule has 0 saturated heterocycles. The van der Waals surface area contributed by atoms with Gasteiger partial charge in [0.25, 0.3) is 11.6 Å². The van der Waals surface area contributed by atoms with E-state index < -0.39 is 13.0 Å². The number of aromatic nitrogens is 1. The van der Waals surface area contributed by atoms with Crippen molar-refractivity contribution in [1.82, 2.24) is 9.88 Å². The van der Waals surface area contributed by atoms with Gasteiger partial charge in [0.05, 0.1) is 5.69 Å². The number of fused-ring (bicyclic) bond motifs is 1. The van der Waals surface area contributed by atoms with Crippen molar-refractivity contribution in [2.24, 2.45) is 11.8 Å². The molecule has 6 heteroatoms. The van der Waals surface area contributed by atoms with Crippen LogP contribution in [0.3, 0.4) is 0 Å². The van der Waals surface area contributed by atoms with E-state index in [0.717, 1.165) is 43.6 Å². The van der Waals surface area contributed by atoms with Gasteiger partial charge in [-0.25, -0.2) is 13.8 Å². The minimum Gasteiger partial charge on any atom is -0.464 e. The van der Waals surface area contributed by atoms with E-state index >= 15 is 0 Å². The molecule has 0 radical (unpaired) electrons. The Morgan fingerprint density at radius 1 is 1.30 bits per heavy atom. The number of ether oxygens (including phenoxy) is 1. The molecule has 2 aliphatic rings. The third kappa shape index (κ3) is 4.86. The van der Waals surface area contributed by atoms with Crippen LogP contribution in [-0.2, 0) is 13.0 Å². The van der Waals surface area contributed by atoms with E-state index in [-0.39, 0.29) is 0 Å². The quantitative estimate of drug-likeness (QED) is 0.766. The molecule has 1 aromatic rings. The second-order valence-corrected chi connectivity index (χ2v) is 8.04. The Balaban J connectivity index is 1.46. The van der Waals surface area contributed by atoms with Crippen LogP contribution in [0.2, 0.25) is 0 Å². The fraction of sp³-hybridized carbons (Fsp3) is 0.824. The van der Waals surface area contributed by atoms with Gasteiger partial charge in [0.15, 0.2) is 6.61 Å². The average Bonchev–Trinajstić information content (AvgIpc) is 2.94. The smallest absolute Gasteiger partial charge is 0.273 e. The first-order valence-electron chi connectivity index (χ1n) is 8.72. The molecule has 130 valence electrons. The molecule has 0 spiro atoms. The molecular weight excluding hydrogens is 318 g/mol. The van der Waals surface area contributed by atoms with Gasteiger partial charge in [-0.3, -0.25) is 4.90 Å². The van der Waals surface area contributed by atoms with E-state index in [4.69, 9.17) is 4.74 Å². The summed E-state index contributed by atoms with van der Waals surface area (Å²) in [7, 11) is 0. The Morgan fingerprint density at radius 2 is 2.09 bits per heavy atom. The topological polar surface area (TPSA) is 25.4 Å². The number of alkyl halides is 2. The van der Waals surface area contributed by atoms with Crippen molar-refractivity contribution in [1.29, 1.82) is 0 Å². The first kappa shape index (κ1) is 17.1. The Morgan fingerprint density at radius 3 is 2.83 bits per heavy atom. The number of rotatable bonds is 6. The number of halogens is 2. The molecule has 1 aliphatic carbocycles. The van der Waals surface area contributed by atoms with Crippen molar-refractivity contribution < 1.29 is 13.5 Å². The summed E-state index contributed by atoms with van der Waals surface area (Å²) in [6.07, 6.45) is 5.32. The van der Waals surface area contributed by atoms with Crippen molar-refractivity contribution in [3.63, 3.8) is 0 Å². The second kappa shape index (κ2) is 7.88. The number of nitrogens with zero attached hydrogens (tertiary/aromatic N) is 2. The van der Waals surface area contributed by atoms with Crippen molar-refractivity contribution in [2.75, 3.05) is 19.7 Å². The summed E-state index contributed by atoms with van der Waals surface area (Å²) in [5.41, 5.74) is 1.03. The normalized spacial score (nSPS) is 25.6. The fourth-order valence-electron chi connectivity index (χ4n) is 3.60. The van der Waals surface area contributed by atoms with Gasteiger partial charge in [0.1, 0.15) is 0 Å². The lowest BCUT2D eigenvalue weighted by Crippen LogP contribution is -2.32. The van der Waals surface area contributed by atoms with Gasteiger partial charge in [-0.2, -0.15) is 0 Å². The lowest BCUT2D eigenvalue weighted by Gasteiger charge is -2.30. The van der Waals surface area contributed by atoms with Crippen LogP contribution in [-0.4, -0.2) is 36.0 Å². The maximum atomic E-state index is 12.2. The van der Waals surface area contributed by atoms with Gasteiger partial charge in [-0.05, 0) is 31.2 Å². The predicted molar refractivity (Wildman–Crippen MR) is 88.3 cm³/mol. The molecule has 0 aromatic carbocycles. The van der Waals surface area contributed by atoms with Crippen LogP contribution in [0.4, 0.5) is 8.78 Å². The molecule has 0 amide bonds.